The molecule has 44 heavy (non-hydrogen) atoms. The van der Waals surface area contributed by atoms with Crippen molar-refractivity contribution in [1.29, 1.82) is 0 Å². The largest absolute Gasteiger partial charge is 0.573 e. The van der Waals surface area contributed by atoms with E-state index in [1.807, 2.05) is 0 Å². The van der Waals surface area contributed by atoms with Gasteiger partial charge in [0.1, 0.15) is 5.75 Å². The number of amides is 1. The summed E-state index contributed by atoms with van der Waals surface area (Å²) in [5.74, 6) is -0.658. The SMILES string of the molecule is O=C(N[C@@H]1CCN(C(c2ccc(NC3CCCC3)cc2)c2ccc(NC3CCCC3)cc2)C1)c1ccc(OC(F)(F)F)cc1. The molecule has 3 aliphatic rings. The Morgan fingerprint density at radius 2 is 1.20 bits per heavy atom. The smallest absolute Gasteiger partial charge is 0.406 e. The van der Waals surface area contributed by atoms with E-state index in [-0.39, 0.29) is 23.7 Å². The molecule has 2 saturated carbocycles. The van der Waals surface area contributed by atoms with Crippen LogP contribution in [-0.4, -0.2) is 48.4 Å². The Morgan fingerprint density at radius 3 is 1.68 bits per heavy atom. The molecule has 6 rings (SSSR count). The predicted molar refractivity (Wildman–Crippen MR) is 167 cm³/mol. The molecule has 3 aromatic carbocycles. The number of carbonyl (C=O) groups is 1. The number of halogens is 3. The summed E-state index contributed by atoms with van der Waals surface area (Å²) in [7, 11) is 0. The molecule has 9 heteroatoms. The van der Waals surface area contributed by atoms with E-state index >= 15 is 0 Å². The number of ether oxygens (including phenoxy) is 1. The second-order valence-electron chi connectivity index (χ2n) is 12.4. The molecule has 0 radical (unpaired) electrons. The van der Waals surface area contributed by atoms with Crippen molar-refractivity contribution >= 4 is 17.3 Å². The van der Waals surface area contributed by atoms with Crippen LogP contribution in [0.4, 0.5) is 24.5 Å². The lowest BCUT2D eigenvalue weighted by atomic mass is 9.96. The van der Waals surface area contributed by atoms with Gasteiger partial charge in [0.15, 0.2) is 0 Å². The Hall–Kier alpha value is -3.72. The van der Waals surface area contributed by atoms with Gasteiger partial charge in [-0.3, -0.25) is 9.69 Å². The molecule has 3 fully saturated rings. The van der Waals surface area contributed by atoms with Crippen molar-refractivity contribution in [1.82, 2.24) is 10.2 Å². The van der Waals surface area contributed by atoms with Gasteiger partial charge in [-0.05, 0) is 91.8 Å². The van der Waals surface area contributed by atoms with Crippen LogP contribution in [0, 0.1) is 0 Å². The van der Waals surface area contributed by atoms with Crippen LogP contribution in [0.2, 0.25) is 0 Å². The first kappa shape index (κ1) is 30.3. The number of hydrogen-bond donors (Lipinski definition) is 3. The van der Waals surface area contributed by atoms with Crippen LogP contribution in [-0.2, 0) is 0 Å². The van der Waals surface area contributed by atoms with Crippen LogP contribution < -0.4 is 20.7 Å². The molecule has 0 unspecified atom stereocenters. The summed E-state index contributed by atoms with van der Waals surface area (Å²) in [5, 5.41) is 10.5. The van der Waals surface area contributed by atoms with Gasteiger partial charge in [-0.1, -0.05) is 49.9 Å². The Labute approximate surface area is 257 Å². The average molecular weight is 607 g/mol. The molecule has 0 spiro atoms. The minimum Gasteiger partial charge on any atom is -0.406 e. The van der Waals surface area contributed by atoms with E-state index in [1.165, 1.54) is 74.6 Å². The quantitative estimate of drug-likeness (QED) is 0.219. The highest BCUT2D eigenvalue weighted by atomic mass is 19.4. The third-order valence-electron chi connectivity index (χ3n) is 9.17. The van der Waals surface area contributed by atoms with E-state index in [4.69, 9.17) is 0 Å². The maximum atomic E-state index is 13.0. The molecule has 1 heterocycles. The van der Waals surface area contributed by atoms with E-state index in [9.17, 15) is 18.0 Å². The summed E-state index contributed by atoms with van der Waals surface area (Å²) < 4.78 is 41.5. The third-order valence-corrected chi connectivity index (χ3v) is 9.17. The van der Waals surface area contributed by atoms with Crippen molar-refractivity contribution in [3.8, 4) is 5.75 Å². The molecule has 1 saturated heterocycles. The van der Waals surface area contributed by atoms with Gasteiger partial charge in [0.25, 0.3) is 5.91 Å². The van der Waals surface area contributed by atoms with Crippen LogP contribution in [0.5, 0.6) is 5.75 Å². The van der Waals surface area contributed by atoms with Gasteiger partial charge in [-0.2, -0.15) is 0 Å². The molecule has 3 aromatic rings. The lowest BCUT2D eigenvalue weighted by Crippen LogP contribution is -2.38. The van der Waals surface area contributed by atoms with Crippen LogP contribution in [0.15, 0.2) is 72.8 Å². The standard InChI is InChI=1S/C35H41F3N4O2/c36-35(37,38)44-32-19-13-26(14-20-32)34(43)41-31-21-22-42(23-31)33(24-9-15-29(16-10-24)39-27-5-1-2-6-27)25-11-17-30(18-12-25)40-28-7-3-4-8-28/h9-20,27-28,31,33,39-40H,1-8,21-23H2,(H,41,43)/t31-/m1/s1. The Bertz CT molecular complexity index is 1310. The summed E-state index contributed by atoms with van der Waals surface area (Å²) >= 11 is 0. The average Bonchev–Trinajstić information content (AvgIpc) is 3.79. The zero-order valence-electron chi connectivity index (χ0n) is 24.9. The highest BCUT2D eigenvalue weighted by Gasteiger charge is 2.33. The highest BCUT2D eigenvalue weighted by Crippen LogP contribution is 2.34. The zero-order valence-corrected chi connectivity index (χ0v) is 24.9. The van der Waals surface area contributed by atoms with Crippen LogP contribution in [0.3, 0.4) is 0 Å². The van der Waals surface area contributed by atoms with Gasteiger partial charge >= 0.3 is 6.36 Å². The monoisotopic (exact) mass is 606 g/mol. The second-order valence-corrected chi connectivity index (χ2v) is 12.4. The summed E-state index contributed by atoms with van der Waals surface area (Å²) in [6.07, 6.45) is 6.03. The number of nitrogens with one attached hydrogen (secondary N) is 3. The first-order chi connectivity index (χ1) is 21.3. The zero-order chi connectivity index (χ0) is 30.5. The van der Waals surface area contributed by atoms with E-state index in [0.29, 0.717) is 24.2 Å². The lowest BCUT2D eigenvalue weighted by Gasteiger charge is -2.29. The number of alkyl halides is 3. The highest BCUT2D eigenvalue weighted by molar-refractivity contribution is 5.94. The lowest BCUT2D eigenvalue weighted by molar-refractivity contribution is -0.274. The summed E-state index contributed by atoms with van der Waals surface area (Å²) in [6.45, 7) is 1.47. The van der Waals surface area contributed by atoms with Crippen LogP contribution in [0.1, 0.15) is 85.3 Å². The van der Waals surface area contributed by atoms with Crippen molar-refractivity contribution in [3.63, 3.8) is 0 Å². The predicted octanol–water partition coefficient (Wildman–Crippen LogP) is 7.89. The van der Waals surface area contributed by atoms with Gasteiger partial charge in [0.2, 0.25) is 0 Å². The van der Waals surface area contributed by atoms with Crippen LogP contribution >= 0.6 is 0 Å². The van der Waals surface area contributed by atoms with Gasteiger partial charge < -0.3 is 20.7 Å². The van der Waals surface area contributed by atoms with Crippen molar-refractivity contribution in [2.75, 3.05) is 23.7 Å². The normalized spacial score (nSPS) is 19.9. The van der Waals surface area contributed by atoms with Gasteiger partial charge in [0, 0.05) is 48.2 Å². The molecule has 234 valence electrons. The molecule has 1 aliphatic heterocycles. The number of carbonyl (C=O) groups excluding carboxylic acids is 1. The van der Waals surface area contributed by atoms with Crippen LogP contribution in [0.25, 0.3) is 0 Å². The molecule has 1 atom stereocenters. The van der Waals surface area contributed by atoms with Gasteiger partial charge in [-0.25, -0.2) is 0 Å². The fourth-order valence-electron chi connectivity index (χ4n) is 6.97. The summed E-state index contributed by atoms with van der Waals surface area (Å²) in [6, 6.07) is 23.6. The third kappa shape index (κ3) is 7.86. The molecular formula is C35H41F3N4O2. The van der Waals surface area contributed by atoms with Crippen molar-refractivity contribution in [2.45, 2.75) is 88.3 Å². The number of rotatable bonds is 10. The summed E-state index contributed by atoms with van der Waals surface area (Å²) in [4.78, 5) is 15.4. The van der Waals surface area contributed by atoms with Crippen molar-refractivity contribution in [3.05, 3.63) is 89.5 Å². The molecule has 0 bridgehead atoms. The first-order valence-electron chi connectivity index (χ1n) is 15.9. The van der Waals surface area contributed by atoms with E-state index in [0.717, 1.165) is 36.5 Å². The van der Waals surface area contributed by atoms with Crippen molar-refractivity contribution < 1.29 is 22.7 Å². The Morgan fingerprint density at radius 1 is 0.705 bits per heavy atom. The fourth-order valence-corrected chi connectivity index (χ4v) is 6.97. The second kappa shape index (κ2) is 13.5. The van der Waals surface area contributed by atoms with Gasteiger partial charge in [-0.15, -0.1) is 13.2 Å². The minimum absolute atomic E-state index is 0.0248. The molecule has 3 N–H and O–H groups in total. The molecule has 0 aromatic heterocycles. The maximum Gasteiger partial charge on any atom is 0.573 e. The van der Waals surface area contributed by atoms with Gasteiger partial charge in [0.05, 0.1) is 6.04 Å². The topological polar surface area (TPSA) is 65.6 Å². The Balaban J connectivity index is 1.15. The number of likely N-dealkylation sites (tertiary alicyclic amines) is 1. The summed E-state index contributed by atoms with van der Waals surface area (Å²) in [5.41, 5.74) is 4.99. The van der Waals surface area contributed by atoms with Crippen molar-refractivity contribution in [2.24, 2.45) is 0 Å². The molecule has 6 nitrogen and oxygen atoms in total. The Kier molecular flexibility index (Phi) is 9.31. The first-order valence-corrected chi connectivity index (χ1v) is 15.9. The molecular weight excluding hydrogens is 565 g/mol. The maximum absolute atomic E-state index is 13.0. The number of hydrogen-bond acceptors (Lipinski definition) is 5. The minimum atomic E-state index is -4.77. The van der Waals surface area contributed by atoms with E-state index in [2.05, 4.69) is 74.1 Å². The van der Waals surface area contributed by atoms with E-state index < -0.39 is 6.36 Å². The number of anilines is 2. The molecule has 2 aliphatic carbocycles. The van der Waals surface area contributed by atoms with E-state index in [1.54, 1.807) is 0 Å². The number of nitrogens with zero attached hydrogens (tertiary/aromatic N) is 1. The fraction of sp³-hybridized carbons (Fsp3) is 0.457. The molecule has 1 amide bonds. The number of benzene rings is 3.